The lowest BCUT2D eigenvalue weighted by Gasteiger charge is -2.07. The fourth-order valence-corrected chi connectivity index (χ4v) is 2.65. The van der Waals surface area contributed by atoms with Crippen molar-refractivity contribution < 1.29 is 14.7 Å². The van der Waals surface area contributed by atoms with E-state index in [0.29, 0.717) is 16.5 Å². The number of hydrogen-bond donors (Lipinski definition) is 3. The van der Waals surface area contributed by atoms with E-state index in [0.717, 1.165) is 0 Å². The van der Waals surface area contributed by atoms with Crippen molar-refractivity contribution in [2.75, 3.05) is 0 Å². The van der Waals surface area contributed by atoms with Gasteiger partial charge in [0.2, 0.25) is 5.82 Å². The van der Waals surface area contributed by atoms with Crippen LogP contribution >= 0.6 is 23.2 Å². The van der Waals surface area contributed by atoms with E-state index in [-0.39, 0.29) is 22.2 Å². The molecular formula is C17H13Cl2N5O3. The number of halogens is 2. The predicted octanol–water partition coefficient (Wildman–Crippen LogP) is 2.66. The number of nitrogens with zero attached hydrogens (tertiary/aromatic N) is 3. The van der Waals surface area contributed by atoms with E-state index in [2.05, 4.69) is 20.9 Å². The number of carbonyl (C=O) groups excluding carboxylic acids is 2. The summed E-state index contributed by atoms with van der Waals surface area (Å²) in [5, 5.41) is 14.5. The lowest BCUT2D eigenvalue weighted by molar-refractivity contribution is 0.0839. The second-order valence-corrected chi connectivity index (χ2v) is 6.26. The molecule has 0 aliphatic heterocycles. The van der Waals surface area contributed by atoms with Gasteiger partial charge in [0.25, 0.3) is 5.91 Å². The van der Waals surface area contributed by atoms with Crippen LogP contribution in [0.4, 0.5) is 0 Å². The van der Waals surface area contributed by atoms with Crippen LogP contribution in [0.1, 0.15) is 26.8 Å². The van der Waals surface area contributed by atoms with Crippen LogP contribution in [0.2, 0.25) is 10.0 Å². The Morgan fingerprint density at radius 2 is 1.78 bits per heavy atom. The summed E-state index contributed by atoms with van der Waals surface area (Å²) >= 11 is 11.9. The van der Waals surface area contributed by atoms with Crippen LogP contribution in [-0.4, -0.2) is 31.7 Å². The van der Waals surface area contributed by atoms with Gasteiger partial charge in [-0.1, -0.05) is 35.3 Å². The van der Waals surface area contributed by atoms with Crippen molar-refractivity contribution in [3.8, 4) is 11.4 Å². The Kier molecular flexibility index (Phi) is 5.29. The molecule has 0 saturated carbocycles. The van der Waals surface area contributed by atoms with Crippen molar-refractivity contribution in [1.82, 2.24) is 25.6 Å². The quantitative estimate of drug-likeness (QED) is 0.580. The normalized spacial score (nSPS) is 10.5. The Labute approximate surface area is 163 Å². The summed E-state index contributed by atoms with van der Waals surface area (Å²) in [6, 6.07) is 10.9. The maximum Gasteiger partial charge on any atom is 0.309 e. The van der Waals surface area contributed by atoms with E-state index < -0.39 is 11.8 Å². The summed E-state index contributed by atoms with van der Waals surface area (Å²) < 4.78 is 1.42. The first-order chi connectivity index (χ1) is 12.9. The van der Waals surface area contributed by atoms with E-state index >= 15 is 0 Å². The number of aryl methyl sites for hydroxylation is 1. The van der Waals surface area contributed by atoms with Gasteiger partial charge in [0, 0.05) is 5.02 Å². The van der Waals surface area contributed by atoms with Gasteiger partial charge >= 0.3 is 5.91 Å². The molecule has 1 aromatic heterocycles. The summed E-state index contributed by atoms with van der Waals surface area (Å²) in [5.41, 5.74) is 4.84. The first-order valence-corrected chi connectivity index (χ1v) is 8.40. The molecule has 0 atom stereocenters. The molecule has 0 spiro atoms. The first-order valence-electron chi connectivity index (χ1n) is 7.64. The zero-order valence-corrected chi connectivity index (χ0v) is 15.4. The smallest absolute Gasteiger partial charge is 0.309 e. The average molecular weight is 406 g/mol. The van der Waals surface area contributed by atoms with Gasteiger partial charge in [-0.15, -0.1) is 5.10 Å². The number of aromatic nitrogens is 3. The highest BCUT2D eigenvalue weighted by atomic mass is 35.5. The van der Waals surface area contributed by atoms with Gasteiger partial charge in [-0.05, 0) is 37.3 Å². The largest absolute Gasteiger partial charge is 0.507 e. The van der Waals surface area contributed by atoms with Gasteiger partial charge < -0.3 is 5.11 Å². The van der Waals surface area contributed by atoms with Crippen LogP contribution in [0, 0.1) is 6.92 Å². The molecule has 10 heteroatoms. The second-order valence-electron chi connectivity index (χ2n) is 5.42. The number of hydrogen-bond acceptors (Lipinski definition) is 5. The molecule has 0 aliphatic rings. The van der Waals surface area contributed by atoms with Crippen LogP contribution in [0.25, 0.3) is 5.69 Å². The zero-order chi connectivity index (χ0) is 19.6. The SMILES string of the molecule is Cc1nc(C(=O)NNC(=O)c2cc(Cl)ccc2O)nn1-c1ccccc1Cl. The van der Waals surface area contributed by atoms with E-state index in [1.807, 2.05) is 0 Å². The summed E-state index contributed by atoms with van der Waals surface area (Å²) in [5.74, 6) is -1.48. The number of aromatic hydroxyl groups is 1. The van der Waals surface area contributed by atoms with Gasteiger partial charge in [0.1, 0.15) is 11.6 Å². The van der Waals surface area contributed by atoms with Crippen molar-refractivity contribution in [2.24, 2.45) is 0 Å². The van der Waals surface area contributed by atoms with Crippen molar-refractivity contribution in [2.45, 2.75) is 6.92 Å². The minimum absolute atomic E-state index is 0.0893. The Balaban J connectivity index is 1.74. The number of amides is 2. The maximum absolute atomic E-state index is 12.2. The Hall–Kier alpha value is -3.10. The number of benzene rings is 2. The molecule has 3 aromatic rings. The minimum Gasteiger partial charge on any atom is -0.507 e. The van der Waals surface area contributed by atoms with E-state index in [1.165, 1.54) is 22.9 Å². The maximum atomic E-state index is 12.2. The highest BCUT2D eigenvalue weighted by molar-refractivity contribution is 6.32. The third-order valence-corrected chi connectivity index (χ3v) is 4.10. The van der Waals surface area contributed by atoms with Gasteiger partial charge in [-0.2, -0.15) is 0 Å². The highest BCUT2D eigenvalue weighted by Crippen LogP contribution is 2.21. The summed E-state index contributed by atoms with van der Waals surface area (Å²) in [6.07, 6.45) is 0. The molecule has 2 amide bonds. The monoisotopic (exact) mass is 405 g/mol. The standard InChI is InChI=1S/C17H13Cl2N5O3/c1-9-20-15(23-24(9)13-5-3-2-4-12(13)19)17(27)22-21-16(26)11-8-10(18)6-7-14(11)25/h2-8,25H,1H3,(H,21,26)(H,22,27). The number of nitrogens with one attached hydrogen (secondary N) is 2. The zero-order valence-electron chi connectivity index (χ0n) is 13.9. The molecule has 0 bridgehead atoms. The number of carbonyl (C=O) groups is 2. The van der Waals surface area contributed by atoms with Gasteiger partial charge in [-0.25, -0.2) is 9.67 Å². The van der Waals surface area contributed by atoms with Crippen molar-refractivity contribution >= 4 is 35.0 Å². The Bertz CT molecular complexity index is 1040. The van der Waals surface area contributed by atoms with Crippen LogP contribution < -0.4 is 10.9 Å². The highest BCUT2D eigenvalue weighted by Gasteiger charge is 2.18. The summed E-state index contributed by atoms with van der Waals surface area (Å²) in [4.78, 5) is 28.4. The van der Waals surface area contributed by atoms with Crippen LogP contribution in [0.5, 0.6) is 5.75 Å². The van der Waals surface area contributed by atoms with Crippen LogP contribution in [0.15, 0.2) is 42.5 Å². The number of phenolic OH excluding ortho intramolecular Hbond substituents is 1. The molecule has 3 N–H and O–H groups in total. The second kappa shape index (κ2) is 7.65. The molecule has 0 fully saturated rings. The third-order valence-electron chi connectivity index (χ3n) is 3.55. The Morgan fingerprint density at radius 1 is 1.07 bits per heavy atom. The van der Waals surface area contributed by atoms with Crippen molar-refractivity contribution in [3.63, 3.8) is 0 Å². The average Bonchev–Trinajstić information content (AvgIpc) is 3.03. The van der Waals surface area contributed by atoms with Crippen molar-refractivity contribution in [3.05, 3.63) is 69.7 Å². The third kappa shape index (κ3) is 4.02. The molecule has 0 aliphatic carbocycles. The number of para-hydroxylation sites is 1. The Morgan fingerprint density at radius 3 is 2.52 bits per heavy atom. The minimum atomic E-state index is -0.745. The molecule has 0 radical (unpaired) electrons. The van der Waals surface area contributed by atoms with Crippen LogP contribution in [-0.2, 0) is 0 Å². The lowest BCUT2D eigenvalue weighted by Crippen LogP contribution is -2.42. The van der Waals surface area contributed by atoms with Crippen LogP contribution in [0.3, 0.4) is 0 Å². The summed E-state index contributed by atoms with van der Waals surface area (Å²) in [7, 11) is 0. The van der Waals surface area contributed by atoms with E-state index in [4.69, 9.17) is 23.2 Å². The van der Waals surface area contributed by atoms with Gasteiger partial charge in [-0.3, -0.25) is 20.4 Å². The van der Waals surface area contributed by atoms with E-state index in [1.54, 1.807) is 31.2 Å². The van der Waals surface area contributed by atoms with E-state index in [9.17, 15) is 14.7 Å². The molecule has 0 saturated heterocycles. The number of phenols is 1. The summed E-state index contributed by atoms with van der Waals surface area (Å²) in [6.45, 7) is 1.66. The molecule has 1 heterocycles. The lowest BCUT2D eigenvalue weighted by atomic mass is 10.2. The topological polar surface area (TPSA) is 109 Å². The number of rotatable bonds is 3. The molecule has 8 nitrogen and oxygen atoms in total. The van der Waals surface area contributed by atoms with Crippen molar-refractivity contribution in [1.29, 1.82) is 0 Å². The molecule has 3 rings (SSSR count). The first kappa shape index (κ1) is 18.7. The van der Waals surface area contributed by atoms with Gasteiger partial charge in [0.15, 0.2) is 0 Å². The molecule has 27 heavy (non-hydrogen) atoms. The molecule has 0 unspecified atom stereocenters. The molecule has 138 valence electrons. The fourth-order valence-electron chi connectivity index (χ4n) is 2.26. The number of hydrazine groups is 1. The predicted molar refractivity (Wildman–Crippen MR) is 99.2 cm³/mol. The molecular weight excluding hydrogens is 393 g/mol. The molecule has 2 aromatic carbocycles. The fraction of sp³-hybridized carbons (Fsp3) is 0.0588. The van der Waals surface area contributed by atoms with Gasteiger partial charge in [0.05, 0.1) is 16.3 Å².